The van der Waals surface area contributed by atoms with Crippen LogP contribution < -0.4 is 10.4 Å². The fourth-order valence-corrected chi connectivity index (χ4v) is 8.99. The highest BCUT2D eigenvalue weighted by Crippen LogP contribution is 2.43. The molecule has 0 heterocycles. The minimum absolute atomic E-state index is 0.0119. The van der Waals surface area contributed by atoms with Crippen molar-refractivity contribution >= 4 is 24.5 Å². The topological polar surface area (TPSA) is 26.3 Å². The van der Waals surface area contributed by atoms with Crippen LogP contribution >= 0.6 is 0 Å². The van der Waals surface area contributed by atoms with E-state index >= 15 is 0 Å². The molecule has 1 fully saturated rings. The highest BCUT2D eigenvalue weighted by atomic mass is 28.4. The van der Waals surface area contributed by atoms with Crippen molar-refractivity contribution < 1.29 is 9.22 Å². The molecule has 0 bridgehead atoms. The van der Waals surface area contributed by atoms with Gasteiger partial charge in [-0.1, -0.05) is 95.3 Å². The Morgan fingerprint density at radius 1 is 1.00 bits per heavy atom. The van der Waals surface area contributed by atoms with Gasteiger partial charge in [0.1, 0.15) is 5.78 Å². The average Bonchev–Trinajstić information content (AvgIpc) is 3.42. The van der Waals surface area contributed by atoms with E-state index in [9.17, 15) is 4.79 Å². The summed E-state index contributed by atoms with van der Waals surface area (Å²) < 4.78 is 6.96. The lowest BCUT2D eigenvalue weighted by molar-refractivity contribution is -0.121. The van der Waals surface area contributed by atoms with Gasteiger partial charge in [0.2, 0.25) is 0 Å². The molecular formula is C25H34O2Si. The lowest BCUT2D eigenvalue weighted by Crippen LogP contribution is -2.66. The van der Waals surface area contributed by atoms with Gasteiger partial charge in [-0.15, -0.1) is 0 Å². The van der Waals surface area contributed by atoms with E-state index in [1.54, 1.807) is 0 Å². The lowest BCUT2D eigenvalue weighted by atomic mass is 10.0. The van der Waals surface area contributed by atoms with Crippen molar-refractivity contribution in [2.24, 2.45) is 17.8 Å². The molecule has 150 valence electrons. The van der Waals surface area contributed by atoms with Gasteiger partial charge >= 0.3 is 0 Å². The van der Waals surface area contributed by atoms with Crippen LogP contribution in [-0.4, -0.2) is 20.7 Å². The number of benzene rings is 2. The summed E-state index contributed by atoms with van der Waals surface area (Å²) in [6.07, 6.45) is 1.68. The summed E-state index contributed by atoms with van der Waals surface area (Å²) in [7, 11) is -2.48. The van der Waals surface area contributed by atoms with E-state index in [0.29, 0.717) is 30.6 Å². The Labute approximate surface area is 171 Å². The maximum Gasteiger partial charge on any atom is 0.261 e. The van der Waals surface area contributed by atoms with Crippen LogP contribution in [0.5, 0.6) is 0 Å². The molecule has 3 heteroatoms. The quantitative estimate of drug-likeness (QED) is 0.600. The first-order valence-corrected chi connectivity index (χ1v) is 12.4. The molecule has 2 nitrogen and oxygen atoms in total. The Kier molecular flexibility index (Phi) is 6.26. The van der Waals surface area contributed by atoms with E-state index in [-0.39, 0.29) is 11.0 Å². The molecule has 1 aliphatic rings. The summed E-state index contributed by atoms with van der Waals surface area (Å²) in [5.41, 5.74) is 0. The van der Waals surface area contributed by atoms with Crippen molar-refractivity contribution in [3.05, 3.63) is 60.7 Å². The van der Waals surface area contributed by atoms with Crippen molar-refractivity contribution in [2.45, 2.75) is 52.5 Å². The molecule has 0 spiro atoms. The van der Waals surface area contributed by atoms with E-state index in [4.69, 9.17) is 4.43 Å². The molecule has 0 aromatic heterocycles. The highest BCUT2D eigenvalue weighted by Gasteiger charge is 2.52. The van der Waals surface area contributed by atoms with Gasteiger partial charge in [-0.2, -0.15) is 0 Å². The van der Waals surface area contributed by atoms with Crippen LogP contribution in [-0.2, 0) is 9.22 Å². The first-order valence-electron chi connectivity index (χ1n) is 10.5. The standard InChI is InChI=1S/C25H34O2Si/c1-19(2)16-24(26)23-17-20(23)18-27-28(25(3,4)5,21-12-8-6-9-13-21)22-14-10-7-11-15-22/h6-15,19-20,23H,16-18H2,1-5H3/t20-,23-/m0/s1. The molecule has 0 radical (unpaired) electrons. The number of Topliss-reactive ketones (excluding diaryl/α,β-unsaturated/α-hetero) is 1. The molecule has 2 atom stereocenters. The highest BCUT2D eigenvalue weighted by molar-refractivity contribution is 6.99. The number of rotatable bonds is 8. The third-order valence-corrected chi connectivity index (χ3v) is 10.9. The van der Waals surface area contributed by atoms with Gasteiger partial charge < -0.3 is 4.43 Å². The van der Waals surface area contributed by atoms with E-state index in [2.05, 4.69) is 95.3 Å². The molecule has 1 saturated carbocycles. The molecule has 3 rings (SSSR count). The maximum atomic E-state index is 12.4. The Balaban J connectivity index is 1.89. The monoisotopic (exact) mass is 394 g/mol. The molecule has 2 aromatic carbocycles. The summed E-state index contributed by atoms with van der Waals surface area (Å²) >= 11 is 0. The summed E-state index contributed by atoms with van der Waals surface area (Å²) in [5, 5.41) is 2.60. The molecule has 28 heavy (non-hydrogen) atoms. The minimum atomic E-state index is -2.48. The average molecular weight is 395 g/mol. The van der Waals surface area contributed by atoms with Gasteiger partial charge in [0.15, 0.2) is 0 Å². The van der Waals surface area contributed by atoms with Crippen molar-refractivity contribution in [3.63, 3.8) is 0 Å². The van der Waals surface area contributed by atoms with E-state index in [1.165, 1.54) is 10.4 Å². The lowest BCUT2D eigenvalue weighted by Gasteiger charge is -2.43. The predicted octanol–water partition coefficient (Wildman–Crippen LogP) is 4.81. The van der Waals surface area contributed by atoms with Crippen LogP contribution in [0.3, 0.4) is 0 Å². The third kappa shape index (κ3) is 4.31. The van der Waals surface area contributed by atoms with Gasteiger partial charge in [0.05, 0.1) is 0 Å². The molecule has 1 aliphatic carbocycles. The SMILES string of the molecule is CC(C)CC(=O)[C@H]1C[C@H]1CO[Si](c1ccccc1)(c1ccccc1)C(C)(C)C. The Bertz CT molecular complexity index is 738. The number of carbonyl (C=O) groups excluding carboxylic acids is 1. The fourth-order valence-electron chi connectivity index (χ4n) is 4.37. The second kappa shape index (κ2) is 8.34. The smallest absolute Gasteiger partial charge is 0.261 e. The van der Waals surface area contributed by atoms with E-state index < -0.39 is 8.32 Å². The van der Waals surface area contributed by atoms with Gasteiger partial charge in [-0.3, -0.25) is 4.79 Å². The van der Waals surface area contributed by atoms with Crippen LogP contribution in [0.1, 0.15) is 47.5 Å². The minimum Gasteiger partial charge on any atom is -0.407 e. The van der Waals surface area contributed by atoms with Crippen LogP contribution in [0.2, 0.25) is 5.04 Å². The van der Waals surface area contributed by atoms with Crippen LogP contribution in [0.15, 0.2) is 60.7 Å². The van der Waals surface area contributed by atoms with Crippen LogP contribution in [0, 0.1) is 17.8 Å². The van der Waals surface area contributed by atoms with Gasteiger partial charge in [0, 0.05) is 18.9 Å². The predicted molar refractivity (Wildman–Crippen MR) is 120 cm³/mol. The summed E-state index contributed by atoms with van der Waals surface area (Å²) in [4.78, 5) is 12.4. The largest absolute Gasteiger partial charge is 0.407 e. The number of hydrogen-bond donors (Lipinski definition) is 0. The molecule has 0 saturated heterocycles. The molecule has 0 unspecified atom stereocenters. The van der Waals surface area contributed by atoms with Crippen molar-refractivity contribution in [2.75, 3.05) is 6.61 Å². The van der Waals surface area contributed by atoms with E-state index in [0.717, 1.165) is 6.42 Å². The molecule has 0 N–H and O–H groups in total. The zero-order chi connectivity index (χ0) is 20.4. The zero-order valence-electron chi connectivity index (χ0n) is 17.9. The van der Waals surface area contributed by atoms with Gasteiger partial charge in [-0.05, 0) is 33.7 Å². The fraction of sp³-hybridized carbons (Fsp3) is 0.480. The molecule has 0 aliphatic heterocycles. The summed E-state index contributed by atoms with van der Waals surface area (Å²) in [6, 6.07) is 21.5. The summed E-state index contributed by atoms with van der Waals surface area (Å²) in [5.74, 6) is 1.45. The Hall–Kier alpha value is -1.71. The normalized spacial score (nSPS) is 19.6. The summed E-state index contributed by atoms with van der Waals surface area (Å²) in [6.45, 7) is 11.8. The van der Waals surface area contributed by atoms with Gasteiger partial charge in [-0.25, -0.2) is 0 Å². The second-order valence-electron chi connectivity index (χ2n) is 9.64. The maximum absolute atomic E-state index is 12.4. The first-order chi connectivity index (χ1) is 13.3. The first kappa shape index (κ1) is 21.0. The van der Waals surface area contributed by atoms with Gasteiger partial charge in [0.25, 0.3) is 8.32 Å². The number of hydrogen-bond acceptors (Lipinski definition) is 2. The second-order valence-corrected chi connectivity index (χ2v) is 13.9. The number of ketones is 1. The molecule has 2 aromatic rings. The van der Waals surface area contributed by atoms with Crippen molar-refractivity contribution in [3.8, 4) is 0 Å². The number of carbonyl (C=O) groups is 1. The Morgan fingerprint density at radius 2 is 1.50 bits per heavy atom. The molecule has 0 amide bonds. The molecular weight excluding hydrogens is 360 g/mol. The zero-order valence-corrected chi connectivity index (χ0v) is 18.9. The third-order valence-electron chi connectivity index (χ3n) is 5.88. The van der Waals surface area contributed by atoms with Crippen molar-refractivity contribution in [1.82, 2.24) is 0 Å². The Morgan fingerprint density at radius 3 is 1.93 bits per heavy atom. The van der Waals surface area contributed by atoms with Crippen molar-refractivity contribution in [1.29, 1.82) is 0 Å². The van der Waals surface area contributed by atoms with E-state index in [1.807, 2.05) is 0 Å². The van der Waals surface area contributed by atoms with Crippen LogP contribution in [0.25, 0.3) is 0 Å². The van der Waals surface area contributed by atoms with Crippen LogP contribution in [0.4, 0.5) is 0 Å².